The van der Waals surface area contributed by atoms with Crippen molar-refractivity contribution in [3.63, 3.8) is 0 Å². The Kier molecular flexibility index (Phi) is 8.28. The summed E-state index contributed by atoms with van der Waals surface area (Å²) < 4.78 is 1.84. The molecule has 0 radical (unpaired) electrons. The number of nitrogens with one attached hydrogen (secondary N) is 2. The molecule has 0 spiro atoms. The molecule has 1 saturated heterocycles. The van der Waals surface area contributed by atoms with Gasteiger partial charge < -0.3 is 15.5 Å². The molecule has 2 N–H and O–H groups in total. The van der Waals surface area contributed by atoms with Crippen LogP contribution >= 0.6 is 24.0 Å². The molecule has 1 aliphatic rings. The summed E-state index contributed by atoms with van der Waals surface area (Å²) in [4.78, 5) is 18.8. The van der Waals surface area contributed by atoms with E-state index in [1.807, 2.05) is 36.1 Å². The average Bonchev–Trinajstić information content (AvgIpc) is 3.31. The molecule has 1 unspecified atom stereocenters. The molecule has 2 heterocycles. The van der Waals surface area contributed by atoms with Crippen LogP contribution in [0.2, 0.25) is 0 Å². The van der Waals surface area contributed by atoms with Crippen molar-refractivity contribution in [1.82, 2.24) is 20.0 Å². The van der Waals surface area contributed by atoms with Crippen molar-refractivity contribution in [3.05, 3.63) is 47.8 Å². The topological polar surface area (TPSA) is 74.6 Å². The van der Waals surface area contributed by atoms with E-state index < -0.39 is 0 Å². The number of amides is 1. The summed E-state index contributed by atoms with van der Waals surface area (Å²) in [6.45, 7) is 4.09. The van der Waals surface area contributed by atoms with Crippen molar-refractivity contribution in [3.8, 4) is 0 Å². The number of anilines is 1. The molecule has 2 aromatic rings. The fraction of sp³-hybridized carbons (Fsp3) is 0.450. The van der Waals surface area contributed by atoms with E-state index in [9.17, 15) is 4.79 Å². The Labute approximate surface area is 183 Å². The van der Waals surface area contributed by atoms with Gasteiger partial charge in [-0.15, -0.1) is 24.0 Å². The molecule has 1 aliphatic heterocycles. The SMILES string of the molecule is CCc1cccc(NC(=O)CNC(=NC)N2CCC(c3cnn(C)c3)C2)c1.I. The minimum absolute atomic E-state index is 0. The van der Waals surface area contributed by atoms with Crippen LogP contribution in [0.4, 0.5) is 5.69 Å². The smallest absolute Gasteiger partial charge is 0.243 e. The molecule has 0 saturated carbocycles. The van der Waals surface area contributed by atoms with Gasteiger partial charge in [0.05, 0.1) is 12.7 Å². The summed E-state index contributed by atoms with van der Waals surface area (Å²) in [6, 6.07) is 7.93. The van der Waals surface area contributed by atoms with Gasteiger partial charge in [0.2, 0.25) is 5.91 Å². The number of hydrogen-bond acceptors (Lipinski definition) is 3. The Morgan fingerprint density at radius 3 is 2.89 bits per heavy atom. The Morgan fingerprint density at radius 2 is 2.21 bits per heavy atom. The van der Waals surface area contributed by atoms with E-state index in [2.05, 4.69) is 44.8 Å². The van der Waals surface area contributed by atoms with E-state index in [4.69, 9.17) is 0 Å². The maximum Gasteiger partial charge on any atom is 0.243 e. The van der Waals surface area contributed by atoms with Crippen molar-refractivity contribution in [2.24, 2.45) is 12.0 Å². The minimum atomic E-state index is -0.0765. The minimum Gasteiger partial charge on any atom is -0.347 e. The van der Waals surface area contributed by atoms with Gasteiger partial charge in [-0.05, 0) is 36.1 Å². The lowest BCUT2D eigenvalue weighted by Crippen LogP contribution is -2.43. The number of carbonyl (C=O) groups excluding carboxylic acids is 1. The van der Waals surface area contributed by atoms with Gasteiger partial charge in [0.15, 0.2) is 5.96 Å². The second-order valence-electron chi connectivity index (χ2n) is 6.88. The van der Waals surface area contributed by atoms with Crippen LogP contribution in [0.1, 0.15) is 30.4 Å². The number of likely N-dealkylation sites (tertiary alicyclic amines) is 1. The quantitative estimate of drug-likeness (QED) is 0.379. The first-order valence-electron chi connectivity index (χ1n) is 9.42. The summed E-state index contributed by atoms with van der Waals surface area (Å²) in [5, 5.41) is 10.4. The zero-order valence-corrected chi connectivity index (χ0v) is 19.0. The lowest BCUT2D eigenvalue weighted by atomic mass is 10.0. The highest BCUT2D eigenvalue weighted by Gasteiger charge is 2.27. The Balaban J connectivity index is 0.00000280. The van der Waals surface area contributed by atoms with Crippen LogP contribution in [-0.2, 0) is 18.3 Å². The number of aromatic nitrogens is 2. The summed E-state index contributed by atoms with van der Waals surface area (Å²) in [6.07, 6.45) is 6.01. The number of carbonyl (C=O) groups is 1. The average molecular weight is 496 g/mol. The molecule has 152 valence electrons. The predicted octanol–water partition coefficient (Wildman–Crippen LogP) is 2.60. The summed E-state index contributed by atoms with van der Waals surface area (Å²) in [5.74, 6) is 1.13. The van der Waals surface area contributed by atoms with Gasteiger partial charge in [-0.25, -0.2) is 0 Å². The van der Waals surface area contributed by atoms with Crippen LogP contribution in [0, 0.1) is 0 Å². The summed E-state index contributed by atoms with van der Waals surface area (Å²) in [5.41, 5.74) is 3.29. The summed E-state index contributed by atoms with van der Waals surface area (Å²) >= 11 is 0. The highest BCUT2D eigenvalue weighted by atomic mass is 127. The molecule has 1 amide bonds. The molecule has 28 heavy (non-hydrogen) atoms. The number of rotatable bonds is 5. The lowest BCUT2D eigenvalue weighted by Gasteiger charge is -2.21. The van der Waals surface area contributed by atoms with Crippen LogP contribution in [0.25, 0.3) is 0 Å². The molecule has 7 nitrogen and oxygen atoms in total. The molecule has 1 atom stereocenters. The third-order valence-corrected chi connectivity index (χ3v) is 4.92. The Hall–Kier alpha value is -2.10. The van der Waals surface area contributed by atoms with E-state index in [1.54, 1.807) is 7.05 Å². The summed E-state index contributed by atoms with van der Waals surface area (Å²) in [7, 11) is 3.69. The molecule has 3 rings (SSSR count). The highest BCUT2D eigenvalue weighted by molar-refractivity contribution is 14.0. The molecule has 1 fully saturated rings. The van der Waals surface area contributed by atoms with Crippen molar-refractivity contribution >= 4 is 41.5 Å². The lowest BCUT2D eigenvalue weighted by molar-refractivity contribution is -0.115. The van der Waals surface area contributed by atoms with E-state index in [1.165, 1.54) is 11.1 Å². The zero-order chi connectivity index (χ0) is 19.2. The van der Waals surface area contributed by atoms with Gasteiger partial charge in [-0.1, -0.05) is 19.1 Å². The predicted molar refractivity (Wildman–Crippen MR) is 123 cm³/mol. The number of aryl methyl sites for hydroxylation is 2. The molecule has 0 bridgehead atoms. The van der Waals surface area contributed by atoms with E-state index in [-0.39, 0.29) is 36.4 Å². The van der Waals surface area contributed by atoms with Crippen LogP contribution in [0.15, 0.2) is 41.7 Å². The number of guanidine groups is 1. The van der Waals surface area contributed by atoms with Gasteiger partial charge in [0.25, 0.3) is 0 Å². The number of hydrogen-bond donors (Lipinski definition) is 2. The molecule has 1 aromatic heterocycles. The second kappa shape index (κ2) is 10.4. The van der Waals surface area contributed by atoms with Crippen molar-refractivity contribution < 1.29 is 4.79 Å². The van der Waals surface area contributed by atoms with Crippen molar-refractivity contribution in [1.29, 1.82) is 0 Å². The largest absolute Gasteiger partial charge is 0.347 e. The van der Waals surface area contributed by atoms with E-state index >= 15 is 0 Å². The number of halogens is 1. The Bertz CT molecular complexity index is 819. The first-order chi connectivity index (χ1) is 13.1. The fourth-order valence-electron chi connectivity index (χ4n) is 3.44. The zero-order valence-electron chi connectivity index (χ0n) is 16.7. The maximum atomic E-state index is 12.3. The molecule has 1 aromatic carbocycles. The Morgan fingerprint density at radius 1 is 1.39 bits per heavy atom. The fourth-order valence-corrected chi connectivity index (χ4v) is 3.44. The number of nitrogens with zero attached hydrogens (tertiary/aromatic N) is 4. The number of aliphatic imine (C=N–C) groups is 1. The number of benzene rings is 1. The van der Waals surface area contributed by atoms with E-state index in [0.29, 0.717) is 5.92 Å². The first-order valence-corrected chi connectivity index (χ1v) is 9.42. The van der Waals surface area contributed by atoms with Crippen LogP contribution in [-0.4, -0.2) is 53.2 Å². The van der Waals surface area contributed by atoms with Gasteiger partial charge in [-0.2, -0.15) is 5.10 Å². The van der Waals surface area contributed by atoms with Crippen LogP contribution < -0.4 is 10.6 Å². The monoisotopic (exact) mass is 496 g/mol. The third-order valence-electron chi connectivity index (χ3n) is 4.92. The van der Waals surface area contributed by atoms with Gasteiger partial charge in [0.1, 0.15) is 0 Å². The van der Waals surface area contributed by atoms with Crippen molar-refractivity contribution in [2.75, 3.05) is 32.0 Å². The normalized spacial score (nSPS) is 16.6. The standard InChI is InChI=1S/C20H28N6O.HI/c1-4-15-6-5-7-18(10-15)24-19(27)12-22-20(21-2)26-9-8-16(14-26)17-11-23-25(3)13-17;/h5-7,10-11,13,16H,4,8-9,12,14H2,1-3H3,(H,21,22)(H,24,27);1H. The van der Waals surface area contributed by atoms with Crippen molar-refractivity contribution in [2.45, 2.75) is 25.7 Å². The molecular formula is C20H29IN6O. The second-order valence-corrected chi connectivity index (χ2v) is 6.88. The first kappa shape index (κ1) is 22.2. The van der Waals surface area contributed by atoms with Gasteiger partial charge in [0, 0.05) is 45.0 Å². The molecule has 8 heteroatoms. The van der Waals surface area contributed by atoms with Gasteiger partial charge >= 0.3 is 0 Å². The van der Waals surface area contributed by atoms with Crippen LogP contribution in [0.3, 0.4) is 0 Å². The van der Waals surface area contributed by atoms with Crippen LogP contribution in [0.5, 0.6) is 0 Å². The van der Waals surface area contributed by atoms with E-state index in [0.717, 1.165) is 37.6 Å². The maximum absolute atomic E-state index is 12.3. The molecular weight excluding hydrogens is 467 g/mol. The van der Waals surface area contributed by atoms with Gasteiger partial charge in [-0.3, -0.25) is 14.5 Å². The third kappa shape index (κ3) is 5.70. The molecule has 0 aliphatic carbocycles. The highest BCUT2D eigenvalue weighted by Crippen LogP contribution is 2.26.